The molecule has 2 unspecified atom stereocenters. The van der Waals surface area contributed by atoms with Crippen molar-refractivity contribution in [2.75, 3.05) is 0 Å². The van der Waals surface area contributed by atoms with Gasteiger partial charge in [-0.05, 0) is 31.5 Å². The fraction of sp³-hybridized carbons (Fsp3) is 0.400. The van der Waals surface area contributed by atoms with Crippen molar-refractivity contribution in [2.24, 2.45) is 0 Å². The molecule has 1 heterocycles. The van der Waals surface area contributed by atoms with Gasteiger partial charge in [0.1, 0.15) is 11.9 Å². The molecule has 1 saturated heterocycles. The van der Waals surface area contributed by atoms with Gasteiger partial charge in [-0.3, -0.25) is 0 Å². The highest BCUT2D eigenvalue weighted by Crippen LogP contribution is 2.25. The Morgan fingerprint density at radius 2 is 2.17 bits per heavy atom. The van der Waals surface area contributed by atoms with Crippen molar-refractivity contribution in [3.05, 3.63) is 29.8 Å². The zero-order chi connectivity index (χ0) is 8.55. The lowest BCUT2D eigenvalue weighted by Crippen LogP contribution is -2.00. The van der Waals surface area contributed by atoms with Gasteiger partial charge in [0.15, 0.2) is 0 Å². The molecule has 0 aromatic heterocycles. The number of benzene rings is 1. The van der Waals surface area contributed by atoms with E-state index in [9.17, 15) is 0 Å². The van der Waals surface area contributed by atoms with Crippen LogP contribution in [0.3, 0.4) is 0 Å². The van der Waals surface area contributed by atoms with Gasteiger partial charge in [0.2, 0.25) is 6.29 Å². The van der Waals surface area contributed by atoms with Gasteiger partial charge in [0, 0.05) is 0 Å². The lowest BCUT2D eigenvalue weighted by molar-refractivity contribution is 0.178. The Morgan fingerprint density at radius 1 is 1.42 bits per heavy atom. The maximum Gasteiger partial charge on any atom is 0.226 e. The van der Waals surface area contributed by atoms with Gasteiger partial charge in [-0.25, -0.2) is 0 Å². The molecule has 0 amide bonds. The van der Waals surface area contributed by atoms with Gasteiger partial charge in [0.25, 0.3) is 0 Å². The van der Waals surface area contributed by atoms with Crippen LogP contribution in [0.5, 0.6) is 5.75 Å². The first-order valence-electron chi connectivity index (χ1n) is 4.14. The molecule has 0 N–H and O–H groups in total. The molecule has 0 radical (unpaired) electrons. The minimum absolute atomic E-state index is 0.0215. The second kappa shape index (κ2) is 2.79. The second-order valence-corrected chi connectivity index (χ2v) is 3.14. The lowest BCUT2D eigenvalue weighted by Gasteiger charge is -2.02. The first-order chi connectivity index (χ1) is 5.75. The summed E-state index contributed by atoms with van der Waals surface area (Å²) in [7, 11) is 0. The summed E-state index contributed by atoms with van der Waals surface area (Å²) in [4.78, 5) is 0. The number of aryl methyl sites for hydroxylation is 1. The van der Waals surface area contributed by atoms with Gasteiger partial charge in [-0.15, -0.1) is 0 Å². The summed E-state index contributed by atoms with van der Waals surface area (Å²) in [6.07, 6.45) is 0.234. The molecule has 0 bridgehead atoms. The molecular weight excluding hydrogens is 152 g/mol. The zero-order valence-corrected chi connectivity index (χ0v) is 7.28. The predicted molar refractivity (Wildman–Crippen MR) is 46.1 cm³/mol. The fourth-order valence-electron chi connectivity index (χ4n) is 1.11. The minimum atomic E-state index is -0.0215. The molecule has 0 aliphatic carbocycles. The van der Waals surface area contributed by atoms with Gasteiger partial charge in [0.05, 0.1) is 0 Å². The van der Waals surface area contributed by atoms with E-state index in [0.717, 1.165) is 5.75 Å². The quantitative estimate of drug-likeness (QED) is 0.624. The first kappa shape index (κ1) is 7.62. The van der Waals surface area contributed by atoms with Crippen molar-refractivity contribution in [1.82, 2.24) is 0 Å². The topological polar surface area (TPSA) is 21.8 Å². The lowest BCUT2D eigenvalue weighted by atomic mass is 10.2. The van der Waals surface area contributed by atoms with Crippen LogP contribution in [0.1, 0.15) is 12.5 Å². The van der Waals surface area contributed by atoms with Crippen LogP contribution in [-0.4, -0.2) is 12.4 Å². The third-order valence-corrected chi connectivity index (χ3v) is 1.90. The van der Waals surface area contributed by atoms with Crippen LogP contribution in [0.15, 0.2) is 24.3 Å². The van der Waals surface area contributed by atoms with Gasteiger partial charge < -0.3 is 9.47 Å². The van der Waals surface area contributed by atoms with Crippen LogP contribution in [-0.2, 0) is 4.74 Å². The molecular formula is C10H12O2. The molecule has 1 aromatic carbocycles. The van der Waals surface area contributed by atoms with Gasteiger partial charge >= 0.3 is 0 Å². The molecule has 1 aromatic rings. The van der Waals surface area contributed by atoms with Crippen molar-refractivity contribution < 1.29 is 9.47 Å². The van der Waals surface area contributed by atoms with Crippen molar-refractivity contribution in [2.45, 2.75) is 26.2 Å². The van der Waals surface area contributed by atoms with Crippen LogP contribution >= 0.6 is 0 Å². The van der Waals surface area contributed by atoms with Gasteiger partial charge in [-0.2, -0.15) is 0 Å². The van der Waals surface area contributed by atoms with Crippen molar-refractivity contribution in [3.8, 4) is 5.75 Å². The molecule has 1 fully saturated rings. The molecule has 1 aliphatic heterocycles. The molecule has 2 rings (SSSR count). The summed E-state index contributed by atoms with van der Waals surface area (Å²) < 4.78 is 10.6. The van der Waals surface area contributed by atoms with Crippen molar-refractivity contribution >= 4 is 0 Å². The predicted octanol–water partition coefficient (Wildman–Crippen LogP) is 2.12. The molecule has 64 valence electrons. The van der Waals surface area contributed by atoms with Crippen molar-refractivity contribution in [1.29, 1.82) is 0 Å². The van der Waals surface area contributed by atoms with E-state index in [-0.39, 0.29) is 12.4 Å². The molecule has 2 nitrogen and oxygen atoms in total. The fourth-order valence-corrected chi connectivity index (χ4v) is 1.11. The Bertz CT molecular complexity index is 283. The first-order valence-corrected chi connectivity index (χ1v) is 4.14. The molecule has 0 saturated carbocycles. The van der Waals surface area contributed by atoms with E-state index in [4.69, 9.17) is 9.47 Å². The Morgan fingerprint density at radius 3 is 2.75 bits per heavy atom. The van der Waals surface area contributed by atoms with E-state index in [1.807, 2.05) is 38.1 Å². The van der Waals surface area contributed by atoms with E-state index >= 15 is 0 Å². The molecule has 1 aliphatic rings. The van der Waals surface area contributed by atoms with E-state index in [2.05, 4.69) is 0 Å². The van der Waals surface area contributed by atoms with Crippen LogP contribution in [0.2, 0.25) is 0 Å². The summed E-state index contributed by atoms with van der Waals surface area (Å²) in [5.41, 5.74) is 1.21. The highest BCUT2D eigenvalue weighted by atomic mass is 16.8. The maximum atomic E-state index is 5.50. The van der Waals surface area contributed by atoms with Gasteiger partial charge in [-0.1, -0.05) is 12.1 Å². The van der Waals surface area contributed by atoms with Crippen LogP contribution in [0, 0.1) is 6.92 Å². The highest BCUT2D eigenvalue weighted by molar-refractivity contribution is 5.27. The van der Waals surface area contributed by atoms with E-state index in [1.165, 1.54) is 5.56 Å². The van der Waals surface area contributed by atoms with E-state index in [1.54, 1.807) is 0 Å². The summed E-state index contributed by atoms with van der Waals surface area (Å²) in [6, 6.07) is 7.98. The molecule has 12 heavy (non-hydrogen) atoms. The molecule has 2 atom stereocenters. The van der Waals surface area contributed by atoms with Crippen LogP contribution in [0.25, 0.3) is 0 Å². The summed E-state index contributed by atoms with van der Waals surface area (Å²) >= 11 is 0. The Kier molecular flexibility index (Phi) is 1.77. The number of rotatable bonds is 2. The molecule has 2 heteroatoms. The number of ether oxygens (including phenoxy) is 2. The third kappa shape index (κ3) is 1.59. The SMILES string of the molecule is Cc1cccc(OC2OC2C)c1. The standard InChI is InChI=1S/C10H12O2/c1-7-4-3-5-9(6-7)12-10-8(2)11-10/h3-6,8,10H,1-2H3. The Labute approximate surface area is 72.1 Å². The summed E-state index contributed by atoms with van der Waals surface area (Å²) in [6.45, 7) is 4.05. The van der Waals surface area contributed by atoms with Crippen LogP contribution in [0.4, 0.5) is 0 Å². The normalized spacial score (nSPS) is 26.8. The van der Waals surface area contributed by atoms with E-state index in [0.29, 0.717) is 0 Å². The number of hydrogen-bond acceptors (Lipinski definition) is 2. The van der Waals surface area contributed by atoms with E-state index < -0.39 is 0 Å². The average Bonchev–Trinajstić information content (AvgIpc) is 2.66. The van der Waals surface area contributed by atoms with Crippen molar-refractivity contribution in [3.63, 3.8) is 0 Å². The largest absolute Gasteiger partial charge is 0.462 e. The average molecular weight is 164 g/mol. The highest BCUT2D eigenvalue weighted by Gasteiger charge is 2.36. The monoisotopic (exact) mass is 164 g/mol. The Balaban J connectivity index is 2.03. The number of epoxide rings is 1. The minimum Gasteiger partial charge on any atom is -0.462 e. The summed E-state index contributed by atoms with van der Waals surface area (Å²) in [5.74, 6) is 0.893. The molecule has 0 spiro atoms. The summed E-state index contributed by atoms with van der Waals surface area (Å²) in [5, 5.41) is 0. The number of hydrogen-bond donors (Lipinski definition) is 0. The van der Waals surface area contributed by atoms with Crippen LogP contribution < -0.4 is 4.74 Å². The maximum absolute atomic E-state index is 5.50. The third-order valence-electron chi connectivity index (χ3n) is 1.90. The zero-order valence-electron chi connectivity index (χ0n) is 7.28. The second-order valence-electron chi connectivity index (χ2n) is 3.14. The Hall–Kier alpha value is -1.02. The smallest absolute Gasteiger partial charge is 0.226 e.